The summed E-state index contributed by atoms with van der Waals surface area (Å²) in [5, 5.41) is 0.905. The molecular weight excluding hydrogens is 404 g/mol. The predicted molar refractivity (Wildman–Crippen MR) is 126 cm³/mol. The lowest BCUT2D eigenvalue weighted by molar-refractivity contribution is -0.443. The number of anilines is 1. The zero-order valence-electron chi connectivity index (χ0n) is 18.3. The number of fused-ring (bicyclic) bond motifs is 2. The van der Waals surface area contributed by atoms with Crippen LogP contribution in [0.2, 0.25) is 0 Å². The molecule has 5 heteroatoms. The van der Waals surface area contributed by atoms with E-state index in [1.807, 2.05) is 28.8 Å². The van der Waals surface area contributed by atoms with Crippen LogP contribution in [0.25, 0.3) is 0 Å². The first-order valence-electron chi connectivity index (χ1n) is 11.0. The van der Waals surface area contributed by atoms with Gasteiger partial charge in [0.05, 0.1) is 0 Å². The number of carbonyl (C=O) groups excluding carboxylic acids is 2. The Balaban J connectivity index is 1.61. The molecule has 0 bridgehead atoms. The molecule has 3 amide bonds. The van der Waals surface area contributed by atoms with Crippen molar-refractivity contribution in [3.05, 3.63) is 75.2 Å². The zero-order valence-corrected chi connectivity index (χ0v) is 19.1. The lowest BCUT2D eigenvalue weighted by atomic mass is 9.95. The van der Waals surface area contributed by atoms with E-state index in [4.69, 9.17) is 0 Å². The first-order chi connectivity index (χ1) is 15.0. The molecule has 2 heterocycles. The van der Waals surface area contributed by atoms with Crippen LogP contribution < -0.4 is 4.90 Å². The number of benzene rings is 2. The lowest BCUT2D eigenvalue weighted by Gasteiger charge is -2.26. The van der Waals surface area contributed by atoms with Gasteiger partial charge in [-0.15, -0.1) is 4.90 Å². The molecule has 0 saturated heterocycles. The van der Waals surface area contributed by atoms with Crippen LogP contribution in [0.4, 0.5) is 10.5 Å². The zero-order chi connectivity index (χ0) is 21.7. The molecule has 0 spiro atoms. The highest BCUT2D eigenvalue weighted by Gasteiger charge is 2.54. The van der Waals surface area contributed by atoms with Gasteiger partial charge in [0.1, 0.15) is 12.2 Å². The van der Waals surface area contributed by atoms with Crippen molar-refractivity contribution in [2.75, 3.05) is 4.90 Å². The van der Waals surface area contributed by atoms with Crippen LogP contribution in [0, 0.1) is 19.8 Å². The molecule has 0 fully saturated rings. The largest absolute Gasteiger partial charge is 0.506 e. The van der Waals surface area contributed by atoms with E-state index < -0.39 is 0 Å². The van der Waals surface area contributed by atoms with E-state index >= 15 is 0 Å². The Morgan fingerprint density at radius 2 is 1.84 bits per heavy atom. The van der Waals surface area contributed by atoms with Crippen molar-refractivity contribution in [2.24, 2.45) is 5.92 Å². The van der Waals surface area contributed by atoms with E-state index in [0.717, 1.165) is 41.9 Å². The van der Waals surface area contributed by atoms with Crippen molar-refractivity contribution in [1.82, 2.24) is 0 Å². The van der Waals surface area contributed by atoms with Crippen LogP contribution >= 0.6 is 11.8 Å². The van der Waals surface area contributed by atoms with Crippen LogP contribution in [-0.4, -0.2) is 21.6 Å². The van der Waals surface area contributed by atoms with E-state index in [9.17, 15) is 9.59 Å². The minimum Gasteiger partial charge on any atom is -0.245 e. The minimum atomic E-state index is -0.309. The standard InChI is InChI=1S/C26H27N2O2S/c1-4-18-10-12-20(13-11-18)28-24(29)23-21-6-5-7-22(21)31-25(23)27(26(28)30)15-19-14-16(2)8-9-17(19)3/h8-14,23H,4-7,15H2,1-3H3/q+1. The molecule has 31 heavy (non-hydrogen) atoms. The molecular formula is C26H27N2O2S+. The summed E-state index contributed by atoms with van der Waals surface area (Å²) in [5.41, 5.74) is 6.55. The molecule has 1 aliphatic carbocycles. The number of aryl methyl sites for hydroxylation is 3. The normalized spacial score (nSPS) is 20.6. The Bertz CT molecular complexity index is 1160. The summed E-state index contributed by atoms with van der Waals surface area (Å²) in [6, 6.07) is 13.9. The molecule has 158 valence electrons. The Morgan fingerprint density at radius 3 is 2.58 bits per heavy atom. The fourth-order valence-electron chi connectivity index (χ4n) is 4.80. The van der Waals surface area contributed by atoms with Gasteiger partial charge in [-0.25, -0.2) is 4.79 Å². The highest BCUT2D eigenvalue weighted by atomic mass is 32.2. The molecule has 1 atom stereocenters. The Morgan fingerprint density at radius 1 is 1.06 bits per heavy atom. The average Bonchev–Trinajstić information content (AvgIpc) is 3.35. The molecule has 2 aromatic rings. The van der Waals surface area contributed by atoms with Crippen molar-refractivity contribution in [2.45, 2.75) is 53.0 Å². The SMILES string of the molecule is CCc1ccc(N2C(=O)C3C4=C(CCC4)SC3=[N+](Cc3cc(C)ccc3C)C2=O)cc1. The van der Waals surface area contributed by atoms with Gasteiger partial charge in [0.25, 0.3) is 0 Å². The maximum atomic E-state index is 13.7. The second-order valence-corrected chi connectivity index (χ2v) is 9.78. The summed E-state index contributed by atoms with van der Waals surface area (Å²) in [6.45, 7) is 6.74. The van der Waals surface area contributed by atoms with Crippen LogP contribution in [0.5, 0.6) is 0 Å². The van der Waals surface area contributed by atoms with Gasteiger partial charge < -0.3 is 0 Å². The minimum absolute atomic E-state index is 0.0964. The summed E-state index contributed by atoms with van der Waals surface area (Å²) < 4.78 is 1.85. The third-order valence-electron chi connectivity index (χ3n) is 6.62. The number of carbonyl (C=O) groups is 2. The van der Waals surface area contributed by atoms with Crippen molar-refractivity contribution in [1.29, 1.82) is 0 Å². The summed E-state index contributed by atoms with van der Waals surface area (Å²) >= 11 is 1.67. The third kappa shape index (κ3) is 3.35. The van der Waals surface area contributed by atoms with E-state index in [2.05, 4.69) is 39.0 Å². The number of nitrogens with zero attached hydrogens (tertiary/aromatic N) is 2. The van der Waals surface area contributed by atoms with Gasteiger partial charge in [0.2, 0.25) is 0 Å². The topological polar surface area (TPSA) is 40.4 Å². The van der Waals surface area contributed by atoms with Crippen LogP contribution in [0.15, 0.2) is 52.9 Å². The monoisotopic (exact) mass is 431 g/mol. The van der Waals surface area contributed by atoms with Gasteiger partial charge in [0, 0.05) is 0 Å². The molecule has 1 unspecified atom stereocenters. The fourth-order valence-corrected chi connectivity index (χ4v) is 6.27. The molecule has 0 saturated carbocycles. The number of hydrogen-bond donors (Lipinski definition) is 0. The maximum absolute atomic E-state index is 13.7. The maximum Gasteiger partial charge on any atom is 0.506 e. The Kier molecular flexibility index (Phi) is 5.09. The van der Waals surface area contributed by atoms with E-state index in [1.54, 1.807) is 11.8 Å². The van der Waals surface area contributed by atoms with Crippen molar-refractivity contribution >= 4 is 34.4 Å². The number of rotatable bonds is 4. The second-order valence-electron chi connectivity index (χ2n) is 8.67. The molecule has 5 rings (SSSR count). The van der Waals surface area contributed by atoms with Gasteiger partial charge in [-0.05, 0) is 78.8 Å². The van der Waals surface area contributed by atoms with Gasteiger partial charge in [-0.2, -0.15) is 9.37 Å². The van der Waals surface area contributed by atoms with Crippen molar-refractivity contribution < 1.29 is 14.2 Å². The first kappa shape index (κ1) is 20.3. The summed E-state index contributed by atoms with van der Waals surface area (Å²) in [4.78, 5) is 30.1. The first-order valence-corrected chi connectivity index (χ1v) is 11.9. The van der Waals surface area contributed by atoms with Crippen LogP contribution in [0.1, 0.15) is 48.4 Å². The average molecular weight is 432 g/mol. The molecule has 2 aliphatic heterocycles. The van der Waals surface area contributed by atoms with Crippen LogP contribution in [-0.2, 0) is 17.8 Å². The summed E-state index contributed by atoms with van der Waals surface area (Å²) in [5.74, 6) is -0.406. The van der Waals surface area contributed by atoms with Gasteiger partial charge >= 0.3 is 11.9 Å². The number of amides is 3. The van der Waals surface area contributed by atoms with Crippen molar-refractivity contribution in [3.8, 4) is 0 Å². The fraction of sp³-hybridized carbons (Fsp3) is 0.346. The van der Waals surface area contributed by atoms with Gasteiger partial charge in [-0.1, -0.05) is 54.6 Å². The lowest BCUT2D eigenvalue weighted by Crippen LogP contribution is -2.53. The van der Waals surface area contributed by atoms with Gasteiger partial charge in [-0.3, -0.25) is 0 Å². The predicted octanol–water partition coefficient (Wildman–Crippen LogP) is 5.74. The highest BCUT2D eigenvalue weighted by Crippen LogP contribution is 2.49. The van der Waals surface area contributed by atoms with Crippen LogP contribution in [0.3, 0.4) is 0 Å². The molecule has 0 N–H and O–H groups in total. The number of allylic oxidation sites excluding steroid dienone is 1. The highest BCUT2D eigenvalue weighted by molar-refractivity contribution is 8.17. The van der Waals surface area contributed by atoms with E-state index in [0.29, 0.717) is 12.2 Å². The Hall–Kier alpha value is -2.66. The summed E-state index contributed by atoms with van der Waals surface area (Å²) in [6.07, 6.45) is 4.00. The van der Waals surface area contributed by atoms with Gasteiger partial charge in [0.15, 0.2) is 11.0 Å². The molecule has 4 nitrogen and oxygen atoms in total. The second kappa shape index (κ2) is 7.79. The number of urea groups is 1. The Labute approximate surface area is 187 Å². The number of hydrogen-bond acceptors (Lipinski definition) is 3. The van der Waals surface area contributed by atoms with E-state index in [1.165, 1.54) is 26.5 Å². The molecule has 0 aromatic heterocycles. The summed E-state index contributed by atoms with van der Waals surface area (Å²) in [7, 11) is 0. The third-order valence-corrected chi connectivity index (χ3v) is 8.00. The van der Waals surface area contributed by atoms with Crippen molar-refractivity contribution in [3.63, 3.8) is 0 Å². The smallest absolute Gasteiger partial charge is 0.245 e. The number of thioether (sulfide) groups is 1. The quantitative estimate of drug-likeness (QED) is 0.579. The number of imide groups is 1. The molecule has 2 aromatic carbocycles. The van der Waals surface area contributed by atoms with E-state index in [-0.39, 0.29) is 17.9 Å². The molecule has 0 radical (unpaired) electrons. The molecule has 3 aliphatic rings.